The Morgan fingerprint density at radius 3 is 2.56 bits per heavy atom. The van der Waals surface area contributed by atoms with Crippen LogP contribution in [0, 0.1) is 0 Å². The Balaban J connectivity index is 1.81. The van der Waals surface area contributed by atoms with Crippen molar-refractivity contribution < 1.29 is 4.79 Å². The van der Waals surface area contributed by atoms with Gasteiger partial charge in [0.25, 0.3) is 5.91 Å². The van der Waals surface area contributed by atoms with Crippen LogP contribution in [0.3, 0.4) is 0 Å². The van der Waals surface area contributed by atoms with E-state index in [-0.39, 0.29) is 5.91 Å². The van der Waals surface area contributed by atoms with Crippen molar-refractivity contribution in [1.82, 2.24) is 10.4 Å². The predicted octanol–water partition coefficient (Wildman–Crippen LogP) is 1.07. The van der Waals surface area contributed by atoms with E-state index in [1.54, 1.807) is 0 Å². The van der Waals surface area contributed by atoms with Crippen molar-refractivity contribution in [2.75, 3.05) is 13.1 Å². The maximum atomic E-state index is 11.9. The Kier molecular flexibility index (Phi) is 4.73. The van der Waals surface area contributed by atoms with E-state index in [1.165, 1.54) is 6.42 Å². The molecule has 1 fully saturated rings. The van der Waals surface area contributed by atoms with Crippen LogP contribution in [0.1, 0.15) is 24.8 Å². The lowest BCUT2D eigenvalue weighted by molar-refractivity contribution is -0.127. The van der Waals surface area contributed by atoms with E-state index in [4.69, 9.17) is 5.73 Å². The average Bonchev–Trinajstić information content (AvgIpc) is 2.41. The van der Waals surface area contributed by atoms with E-state index in [9.17, 15) is 4.79 Å². The standard InChI is InChI=1S/C14H21N3O/c15-13(11-12-7-3-1-4-8-12)14(18)16-17-9-5-2-6-10-17/h1,3-4,7-8,13H,2,5-6,9-11,15H2,(H,16,18)/t13-/m1/s1. The molecule has 0 radical (unpaired) electrons. The number of hydrogen-bond acceptors (Lipinski definition) is 3. The lowest BCUT2D eigenvalue weighted by atomic mass is 10.1. The van der Waals surface area contributed by atoms with Gasteiger partial charge in [0, 0.05) is 13.1 Å². The molecule has 1 heterocycles. The fourth-order valence-electron chi connectivity index (χ4n) is 2.21. The minimum Gasteiger partial charge on any atom is -0.320 e. The van der Waals surface area contributed by atoms with Gasteiger partial charge in [0.1, 0.15) is 0 Å². The molecule has 1 atom stereocenters. The van der Waals surface area contributed by atoms with Crippen LogP contribution in [0.2, 0.25) is 0 Å². The summed E-state index contributed by atoms with van der Waals surface area (Å²) in [7, 11) is 0. The first kappa shape index (κ1) is 13.1. The Bertz CT molecular complexity index is 374. The van der Waals surface area contributed by atoms with Gasteiger partial charge >= 0.3 is 0 Å². The highest BCUT2D eigenvalue weighted by Crippen LogP contribution is 2.06. The third kappa shape index (κ3) is 3.82. The minimum absolute atomic E-state index is 0.0826. The quantitative estimate of drug-likeness (QED) is 0.837. The van der Waals surface area contributed by atoms with Crippen LogP contribution in [-0.2, 0) is 11.2 Å². The first-order chi connectivity index (χ1) is 8.75. The summed E-state index contributed by atoms with van der Waals surface area (Å²) in [5.41, 5.74) is 9.93. The zero-order valence-electron chi connectivity index (χ0n) is 10.6. The first-order valence-electron chi connectivity index (χ1n) is 6.60. The van der Waals surface area contributed by atoms with Gasteiger partial charge in [-0.3, -0.25) is 10.2 Å². The van der Waals surface area contributed by atoms with Crippen LogP contribution in [0.15, 0.2) is 30.3 Å². The molecule has 0 bridgehead atoms. The largest absolute Gasteiger partial charge is 0.320 e. The van der Waals surface area contributed by atoms with E-state index in [1.807, 2.05) is 35.3 Å². The maximum Gasteiger partial charge on any atom is 0.251 e. The molecule has 1 aliphatic heterocycles. The predicted molar refractivity (Wildman–Crippen MR) is 71.7 cm³/mol. The second-order valence-electron chi connectivity index (χ2n) is 4.82. The van der Waals surface area contributed by atoms with Crippen molar-refractivity contribution in [2.45, 2.75) is 31.7 Å². The molecule has 1 aromatic carbocycles. The van der Waals surface area contributed by atoms with Crippen LogP contribution < -0.4 is 11.2 Å². The summed E-state index contributed by atoms with van der Waals surface area (Å²) in [6, 6.07) is 9.40. The molecule has 4 heteroatoms. The van der Waals surface area contributed by atoms with Crippen molar-refractivity contribution in [3.05, 3.63) is 35.9 Å². The zero-order chi connectivity index (χ0) is 12.8. The number of benzene rings is 1. The van der Waals surface area contributed by atoms with Gasteiger partial charge in [0.05, 0.1) is 6.04 Å². The van der Waals surface area contributed by atoms with Crippen molar-refractivity contribution in [2.24, 2.45) is 5.73 Å². The Labute approximate surface area is 108 Å². The van der Waals surface area contributed by atoms with Crippen LogP contribution in [0.4, 0.5) is 0 Å². The molecule has 1 aromatic rings. The number of hydrazine groups is 1. The molecule has 2 rings (SSSR count). The Hall–Kier alpha value is -1.39. The van der Waals surface area contributed by atoms with E-state index >= 15 is 0 Å². The van der Waals surface area contributed by atoms with Gasteiger partial charge in [-0.25, -0.2) is 5.01 Å². The molecule has 1 aliphatic rings. The molecule has 0 saturated carbocycles. The average molecular weight is 247 g/mol. The fraction of sp³-hybridized carbons (Fsp3) is 0.500. The highest BCUT2D eigenvalue weighted by Gasteiger charge is 2.18. The van der Waals surface area contributed by atoms with Gasteiger partial charge in [0.15, 0.2) is 0 Å². The lowest BCUT2D eigenvalue weighted by Crippen LogP contribution is -2.51. The van der Waals surface area contributed by atoms with Gasteiger partial charge in [-0.1, -0.05) is 36.8 Å². The molecule has 3 N–H and O–H groups in total. The van der Waals surface area contributed by atoms with Crippen LogP contribution in [0.25, 0.3) is 0 Å². The summed E-state index contributed by atoms with van der Waals surface area (Å²) in [5, 5.41) is 1.98. The summed E-state index contributed by atoms with van der Waals surface area (Å²) in [5.74, 6) is -0.0826. The third-order valence-corrected chi connectivity index (χ3v) is 3.26. The van der Waals surface area contributed by atoms with E-state index in [0.717, 1.165) is 31.5 Å². The number of rotatable bonds is 4. The van der Waals surface area contributed by atoms with Crippen LogP contribution in [-0.4, -0.2) is 30.0 Å². The monoisotopic (exact) mass is 247 g/mol. The summed E-state index contributed by atoms with van der Waals surface area (Å²) in [6.45, 7) is 1.87. The van der Waals surface area contributed by atoms with Gasteiger partial charge in [-0.15, -0.1) is 0 Å². The van der Waals surface area contributed by atoms with E-state index in [2.05, 4.69) is 5.43 Å². The Morgan fingerprint density at radius 1 is 1.22 bits per heavy atom. The number of carbonyl (C=O) groups is 1. The SMILES string of the molecule is N[C@H](Cc1ccccc1)C(=O)NN1CCCCC1. The Morgan fingerprint density at radius 2 is 1.89 bits per heavy atom. The van der Waals surface area contributed by atoms with E-state index in [0.29, 0.717) is 6.42 Å². The normalized spacial score (nSPS) is 18.3. The van der Waals surface area contributed by atoms with Gasteiger partial charge in [-0.05, 0) is 24.8 Å². The molecule has 0 unspecified atom stereocenters. The van der Waals surface area contributed by atoms with Crippen molar-refractivity contribution in [1.29, 1.82) is 0 Å². The number of nitrogens with two attached hydrogens (primary N) is 1. The van der Waals surface area contributed by atoms with Gasteiger partial charge in [-0.2, -0.15) is 0 Å². The number of piperidine rings is 1. The van der Waals surface area contributed by atoms with Crippen LogP contribution in [0.5, 0.6) is 0 Å². The molecular weight excluding hydrogens is 226 g/mol. The highest BCUT2D eigenvalue weighted by atomic mass is 16.2. The molecular formula is C14H21N3O. The minimum atomic E-state index is -0.477. The third-order valence-electron chi connectivity index (χ3n) is 3.26. The number of nitrogens with one attached hydrogen (secondary N) is 1. The first-order valence-corrected chi connectivity index (χ1v) is 6.60. The summed E-state index contributed by atoms with van der Waals surface area (Å²) in [6.07, 6.45) is 4.13. The summed E-state index contributed by atoms with van der Waals surface area (Å²) < 4.78 is 0. The van der Waals surface area contributed by atoms with Crippen LogP contribution >= 0.6 is 0 Å². The zero-order valence-corrected chi connectivity index (χ0v) is 10.6. The lowest BCUT2D eigenvalue weighted by Gasteiger charge is -2.28. The number of hydrogen-bond donors (Lipinski definition) is 2. The molecule has 0 aromatic heterocycles. The molecule has 1 saturated heterocycles. The highest BCUT2D eigenvalue weighted by molar-refractivity contribution is 5.81. The van der Waals surface area contributed by atoms with Crippen molar-refractivity contribution in [3.8, 4) is 0 Å². The second kappa shape index (κ2) is 6.52. The summed E-state index contributed by atoms with van der Waals surface area (Å²) in [4.78, 5) is 11.9. The van der Waals surface area contributed by atoms with Gasteiger partial charge in [0.2, 0.25) is 0 Å². The number of nitrogens with zero attached hydrogens (tertiary/aromatic N) is 1. The number of amides is 1. The molecule has 18 heavy (non-hydrogen) atoms. The van der Waals surface area contributed by atoms with Crippen molar-refractivity contribution >= 4 is 5.91 Å². The van der Waals surface area contributed by atoms with Gasteiger partial charge < -0.3 is 5.73 Å². The number of carbonyl (C=O) groups excluding carboxylic acids is 1. The fourth-order valence-corrected chi connectivity index (χ4v) is 2.21. The topological polar surface area (TPSA) is 58.4 Å². The molecule has 0 aliphatic carbocycles. The molecule has 4 nitrogen and oxygen atoms in total. The van der Waals surface area contributed by atoms with E-state index < -0.39 is 6.04 Å². The summed E-state index contributed by atoms with van der Waals surface area (Å²) >= 11 is 0. The molecule has 98 valence electrons. The second-order valence-corrected chi connectivity index (χ2v) is 4.82. The van der Waals surface area contributed by atoms with Crippen molar-refractivity contribution in [3.63, 3.8) is 0 Å². The molecule has 0 spiro atoms. The molecule has 1 amide bonds. The smallest absolute Gasteiger partial charge is 0.251 e. The maximum absolute atomic E-state index is 11.9.